The summed E-state index contributed by atoms with van der Waals surface area (Å²) in [5.74, 6) is -0.968. The predicted molar refractivity (Wildman–Crippen MR) is 137 cm³/mol. The molecule has 0 fully saturated rings. The number of hydrogen-bond acceptors (Lipinski definition) is 3. The fraction of sp³-hybridized carbons (Fsp3) is 0.241. The third-order valence-corrected chi connectivity index (χ3v) is 6.69. The number of carbonyl (C=O) groups is 1. The van der Waals surface area contributed by atoms with Gasteiger partial charge in [0, 0.05) is 18.6 Å². The van der Waals surface area contributed by atoms with Gasteiger partial charge in [0.25, 0.3) is 0 Å². The molecule has 0 bridgehead atoms. The van der Waals surface area contributed by atoms with Crippen LogP contribution >= 0.6 is 0 Å². The number of nitrogens with zero attached hydrogens (tertiary/aromatic N) is 2. The van der Waals surface area contributed by atoms with Gasteiger partial charge in [-0.15, -0.1) is 0 Å². The van der Waals surface area contributed by atoms with Gasteiger partial charge in [0.05, 0.1) is 12.0 Å². The van der Waals surface area contributed by atoms with Crippen LogP contribution in [0.1, 0.15) is 41.2 Å². The molecule has 0 saturated heterocycles. The van der Waals surface area contributed by atoms with E-state index in [0.29, 0.717) is 12.8 Å². The second-order valence-electron chi connectivity index (χ2n) is 9.18. The van der Waals surface area contributed by atoms with Crippen molar-refractivity contribution < 1.29 is 15.0 Å². The molecule has 0 unspecified atom stereocenters. The van der Waals surface area contributed by atoms with E-state index in [9.17, 15) is 15.0 Å². The summed E-state index contributed by atoms with van der Waals surface area (Å²) in [5, 5.41) is 18.9. The van der Waals surface area contributed by atoms with Gasteiger partial charge in [0.1, 0.15) is 5.65 Å². The fourth-order valence-corrected chi connectivity index (χ4v) is 4.10. The Bertz CT molecular complexity index is 1370. The molecular weight excluding hydrogens is 424 g/mol. The summed E-state index contributed by atoms with van der Waals surface area (Å²) in [6.07, 6.45) is 11.1. The molecule has 5 heteroatoms. The van der Waals surface area contributed by atoms with E-state index in [0.717, 1.165) is 33.5 Å². The molecular formula is C29H30N2O3. The van der Waals surface area contributed by atoms with Gasteiger partial charge in [0.2, 0.25) is 0 Å². The predicted octanol–water partition coefficient (Wildman–Crippen LogP) is 5.80. The zero-order valence-corrected chi connectivity index (χ0v) is 19.8. The minimum absolute atomic E-state index is 0.371. The summed E-state index contributed by atoms with van der Waals surface area (Å²) >= 11 is 0. The van der Waals surface area contributed by atoms with Crippen LogP contribution < -0.4 is 0 Å². The lowest BCUT2D eigenvalue weighted by molar-refractivity contribution is -0.150. The number of rotatable bonds is 8. The highest BCUT2D eigenvalue weighted by molar-refractivity contribution is 5.78. The van der Waals surface area contributed by atoms with Gasteiger partial charge in [0.15, 0.2) is 0 Å². The van der Waals surface area contributed by atoms with Crippen molar-refractivity contribution in [2.75, 3.05) is 6.61 Å². The summed E-state index contributed by atoms with van der Waals surface area (Å²) in [6, 6.07) is 16.7. The number of benzene rings is 2. The lowest BCUT2D eigenvalue weighted by atomic mass is 9.84. The molecule has 0 spiro atoms. The van der Waals surface area contributed by atoms with Crippen LogP contribution in [-0.2, 0) is 11.2 Å². The SMILES string of the molecule is Cc1ccc(CC[C@@](C)(CO)C(=O)O)cc1/C=C/c1cccc(-c2ccc3nccn3c2)c1C. The van der Waals surface area contributed by atoms with Crippen LogP contribution in [0.4, 0.5) is 0 Å². The summed E-state index contributed by atoms with van der Waals surface area (Å²) in [5.41, 5.74) is 7.78. The number of aliphatic hydroxyl groups is 1. The first-order chi connectivity index (χ1) is 16.3. The number of aliphatic carboxylic acids is 1. The van der Waals surface area contributed by atoms with Gasteiger partial charge >= 0.3 is 5.97 Å². The first-order valence-corrected chi connectivity index (χ1v) is 11.5. The van der Waals surface area contributed by atoms with Crippen LogP contribution in [0.2, 0.25) is 0 Å². The van der Waals surface area contributed by atoms with Gasteiger partial charge in [-0.1, -0.05) is 48.6 Å². The van der Waals surface area contributed by atoms with E-state index in [-0.39, 0.29) is 6.61 Å². The van der Waals surface area contributed by atoms with E-state index in [2.05, 4.69) is 73.6 Å². The lowest BCUT2D eigenvalue weighted by Gasteiger charge is -2.21. The molecule has 0 aliphatic heterocycles. The Labute approximate surface area is 200 Å². The number of pyridine rings is 1. The Morgan fingerprint density at radius 3 is 2.65 bits per heavy atom. The molecule has 1 atom stereocenters. The maximum absolute atomic E-state index is 11.5. The average molecular weight is 455 g/mol. The van der Waals surface area contributed by atoms with E-state index < -0.39 is 11.4 Å². The molecule has 0 amide bonds. The van der Waals surface area contributed by atoms with Crippen molar-refractivity contribution >= 4 is 23.8 Å². The molecule has 5 nitrogen and oxygen atoms in total. The van der Waals surface area contributed by atoms with E-state index >= 15 is 0 Å². The molecule has 4 rings (SSSR count). The Kier molecular flexibility index (Phi) is 6.66. The summed E-state index contributed by atoms with van der Waals surface area (Å²) in [4.78, 5) is 15.8. The third-order valence-electron chi connectivity index (χ3n) is 6.69. The van der Waals surface area contributed by atoms with Crippen LogP contribution in [0.25, 0.3) is 28.9 Å². The summed E-state index contributed by atoms with van der Waals surface area (Å²) in [6.45, 7) is 5.43. The number of hydrogen-bond donors (Lipinski definition) is 2. The minimum Gasteiger partial charge on any atom is -0.481 e. The maximum Gasteiger partial charge on any atom is 0.311 e. The number of fused-ring (bicyclic) bond motifs is 1. The lowest BCUT2D eigenvalue weighted by Crippen LogP contribution is -2.32. The standard InChI is InChI=1S/C29H30N2O3/c1-20-7-8-22(13-14-29(3,19-32)28(33)34)17-24(20)10-9-23-5-4-6-26(21(23)2)25-11-12-27-30-15-16-31(27)18-25/h4-12,15-18,32H,13-14,19H2,1-3H3,(H,33,34)/b10-9+/t29-/m0/s1. The second-order valence-corrected chi connectivity index (χ2v) is 9.18. The minimum atomic E-state index is -1.13. The van der Waals surface area contributed by atoms with Crippen LogP contribution in [0.3, 0.4) is 0 Å². The molecule has 0 radical (unpaired) electrons. The van der Waals surface area contributed by atoms with Crippen LogP contribution in [-0.4, -0.2) is 32.2 Å². The largest absolute Gasteiger partial charge is 0.481 e. The molecule has 34 heavy (non-hydrogen) atoms. The monoisotopic (exact) mass is 454 g/mol. The topological polar surface area (TPSA) is 74.8 Å². The first kappa shape index (κ1) is 23.5. The zero-order chi connectivity index (χ0) is 24.3. The Morgan fingerprint density at radius 1 is 1.09 bits per heavy atom. The van der Waals surface area contributed by atoms with Crippen molar-refractivity contribution in [3.05, 3.63) is 94.9 Å². The molecule has 2 heterocycles. The number of carboxylic acids is 1. The molecule has 174 valence electrons. The second kappa shape index (κ2) is 9.65. The van der Waals surface area contributed by atoms with Gasteiger partial charge < -0.3 is 14.6 Å². The quantitative estimate of drug-likeness (QED) is 0.330. The van der Waals surface area contributed by atoms with E-state index in [4.69, 9.17) is 0 Å². The zero-order valence-electron chi connectivity index (χ0n) is 19.8. The van der Waals surface area contributed by atoms with Crippen LogP contribution in [0.5, 0.6) is 0 Å². The van der Waals surface area contributed by atoms with E-state index in [1.165, 1.54) is 11.1 Å². The first-order valence-electron chi connectivity index (χ1n) is 11.5. The number of aliphatic hydroxyl groups excluding tert-OH is 1. The molecule has 0 saturated carbocycles. The molecule has 0 aliphatic carbocycles. The smallest absolute Gasteiger partial charge is 0.311 e. The average Bonchev–Trinajstić information content (AvgIpc) is 3.31. The Balaban J connectivity index is 1.58. The van der Waals surface area contributed by atoms with Gasteiger partial charge in [-0.3, -0.25) is 4.79 Å². The van der Waals surface area contributed by atoms with Gasteiger partial charge in [-0.25, -0.2) is 4.98 Å². The highest BCUT2D eigenvalue weighted by Crippen LogP contribution is 2.28. The van der Waals surface area contributed by atoms with Crippen molar-refractivity contribution in [1.29, 1.82) is 0 Å². The summed E-state index contributed by atoms with van der Waals surface area (Å²) < 4.78 is 2.03. The van der Waals surface area contributed by atoms with Crippen molar-refractivity contribution in [3.8, 4) is 11.1 Å². The summed E-state index contributed by atoms with van der Waals surface area (Å²) in [7, 11) is 0. The third kappa shape index (κ3) is 4.80. The van der Waals surface area contributed by atoms with E-state index in [1.807, 2.05) is 22.7 Å². The number of imidazole rings is 1. The normalized spacial score (nSPS) is 13.4. The molecule has 2 aromatic carbocycles. The molecule has 0 aliphatic rings. The number of aryl methyl sites for hydroxylation is 2. The maximum atomic E-state index is 11.5. The van der Waals surface area contributed by atoms with E-state index in [1.54, 1.807) is 13.1 Å². The molecule has 4 aromatic rings. The van der Waals surface area contributed by atoms with Crippen molar-refractivity contribution in [1.82, 2.24) is 9.38 Å². The highest BCUT2D eigenvalue weighted by Gasteiger charge is 2.31. The van der Waals surface area contributed by atoms with Gasteiger partial charge in [-0.2, -0.15) is 0 Å². The van der Waals surface area contributed by atoms with Crippen LogP contribution in [0.15, 0.2) is 67.1 Å². The van der Waals surface area contributed by atoms with Crippen LogP contribution in [0, 0.1) is 19.3 Å². The van der Waals surface area contributed by atoms with Crippen molar-refractivity contribution in [2.45, 2.75) is 33.6 Å². The van der Waals surface area contributed by atoms with Crippen molar-refractivity contribution in [2.24, 2.45) is 5.41 Å². The molecule has 2 aromatic heterocycles. The number of aromatic nitrogens is 2. The Hall–Kier alpha value is -3.70. The number of carboxylic acid groups (broad SMARTS) is 1. The van der Waals surface area contributed by atoms with Crippen molar-refractivity contribution in [3.63, 3.8) is 0 Å². The molecule has 2 N–H and O–H groups in total. The fourth-order valence-electron chi connectivity index (χ4n) is 4.10. The highest BCUT2D eigenvalue weighted by atomic mass is 16.4. The Morgan fingerprint density at radius 2 is 1.88 bits per heavy atom. The van der Waals surface area contributed by atoms with Gasteiger partial charge in [-0.05, 0) is 84.7 Å².